The van der Waals surface area contributed by atoms with Crippen LogP contribution in [0.15, 0.2) is 6.20 Å². The van der Waals surface area contributed by atoms with Crippen molar-refractivity contribution >= 4 is 0 Å². The maximum Gasteiger partial charge on any atom is 0.0962 e. The van der Waals surface area contributed by atoms with Crippen molar-refractivity contribution in [1.82, 2.24) is 15.0 Å². The summed E-state index contributed by atoms with van der Waals surface area (Å²) in [7, 11) is 0. The topological polar surface area (TPSA) is 77.0 Å². The van der Waals surface area contributed by atoms with Crippen molar-refractivity contribution in [1.29, 1.82) is 0 Å². The number of nitrogens with zero attached hydrogens (tertiary/aromatic N) is 3. The standard InChI is InChI=1S/C9H16N4O/c10-5-8-6-13(12-11-8)7-9(14)3-1-2-4-9/h6,14H,1-5,7,10H2. The van der Waals surface area contributed by atoms with Crippen LogP contribution in [0.1, 0.15) is 31.4 Å². The number of hydrogen-bond donors (Lipinski definition) is 2. The predicted octanol–water partition coefficient (Wildman–Crippen LogP) is 0.0419. The Morgan fingerprint density at radius 2 is 2.21 bits per heavy atom. The molecule has 5 heteroatoms. The average molecular weight is 196 g/mol. The van der Waals surface area contributed by atoms with E-state index in [1.165, 1.54) is 0 Å². The molecule has 1 aliphatic carbocycles. The molecule has 5 nitrogen and oxygen atoms in total. The molecule has 2 rings (SSSR count). The van der Waals surface area contributed by atoms with Crippen molar-refractivity contribution in [2.75, 3.05) is 0 Å². The van der Waals surface area contributed by atoms with Gasteiger partial charge in [-0.3, -0.25) is 0 Å². The van der Waals surface area contributed by atoms with Crippen LogP contribution >= 0.6 is 0 Å². The second-order valence-electron chi connectivity index (χ2n) is 4.04. The zero-order valence-corrected chi connectivity index (χ0v) is 8.19. The van der Waals surface area contributed by atoms with Gasteiger partial charge in [-0.2, -0.15) is 0 Å². The normalized spacial score (nSPS) is 20.1. The lowest BCUT2D eigenvalue weighted by atomic mass is 10.0. The number of rotatable bonds is 3. The van der Waals surface area contributed by atoms with E-state index < -0.39 is 5.60 Å². The first kappa shape index (κ1) is 9.61. The van der Waals surface area contributed by atoms with Crippen LogP contribution < -0.4 is 5.73 Å². The summed E-state index contributed by atoms with van der Waals surface area (Å²) in [6, 6.07) is 0. The SMILES string of the molecule is NCc1cn(CC2(O)CCCC2)nn1. The van der Waals surface area contributed by atoms with E-state index in [2.05, 4.69) is 10.3 Å². The van der Waals surface area contributed by atoms with Crippen LogP contribution in [0.4, 0.5) is 0 Å². The van der Waals surface area contributed by atoms with Crippen LogP contribution in [0.5, 0.6) is 0 Å². The summed E-state index contributed by atoms with van der Waals surface area (Å²) in [6.07, 6.45) is 5.75. The van der Waals surface area contributed by atoms with Gasteiger partial charge in [0.1, 0.15) is 0 Å². The summed E-state index contributed by atoms with van der Waals surface area (Å²) in [6.45, 7) is 0.943. The van der Waals surface area contributed by atoms with E-state index in [0.717, 1.165) is 31.4 Å². The molecule has 1 aromatic heterocycles. The van der Waals surface area contributed by atoms with Gasteiger partial charge in [0, 0.05) is 12.7 Å². The van der Waals surface area contributed by atoms with Crippen LogP contribution in [-0.2, 0) is 13.1 Å². The highest BCUT2D eigenvalue weighted by atomic mass is 16.3. The van der Waals surface area contributed by atoms with Gasteiger partial charge in [0.05, 0.1) is 17.8 Å². The van der Waals surface area contributed by atoms with E-state index in [1.807, 2.05) is 0 Å². The van der Waals surface area contributed by atoms with Gasteiger partial charge in [0.15, 0.2) is 0 Å². The second kappa shape index (κ2) is 3.67. The highest BCUT2D eigenvalue weighted by Gasteiger charge is 2.31. The summed E-state index contributed by atoms with van der Waals surface area (Å²) >= 11 is 0. The molecule has 0 unspecified atom stereocenters. The van der Waals surface area contributed by atoms with E-state index in [0.29, 0.717) is 13.1 Å². The fourth-order valence-corrected chi connectivity index (χ4v) is 2.00. The number of aromatic nitrogens is 3. The van der Waals surface area contributed by atoms with Crippen molar-refractivity contribution in [2.24, 2.45) is 5.73 Å². The summed E-state index contributed by atoms with van der Waals surface area (Å²) in [5.41, 5.74) is 5.63. The fourth-order valence-electron chi connectivity index (χ4n) is 2.00. The van der Waals surface area contributed by atoms with Crippen molar-refractivity contribution in [2.45, 2.75) is 44.4 Å². The van der Waals surface area contributed by atoms with Crippen LogP contribution in [0, 0.1) is 0 Å². The van der Waals surface area contributed by atoms with Crippen LogP contribution in [0.2, 0.25) is 0 Å². The molecule has 1 fully saturated rings. The highest BCUT2D eigenvalue weighted by Crippen LogP contribution is 2.30. The van der Waals surface area contributed by atoms with Gasteiger partial charge in [-0.15, -0.1) is 5.10 Å². The second-order valence-corrected chi connectivity index (χ2v) is 4.04. The van der Waals surface area contributed by atoms with Crippen molar-refractivity contribution < 1.29 is 5.11 Å². The molecule has 1 heterocycles. The fraction of sp³-hybridized carbons (Fsp3) is 0.778. The molecule has 78 valence electrons. The van der Waals surface area contributed by atoms with Crippen LogP contribution in [0.25, 0.3) is 0 Å². The van der Waals surface area contributed by atoms with E-state index in [-0.39, 0.29) is 0 Å². The van der Waals surface area contributed by atoms with Gasteiger partial charge in [-0.1, -0.05) is 18.1 Å². The number of hydrogen-bond acceptors (Lipinski definition) is 4. The minimum absolute atomic E-state index is 0.401. The predicted molar refractivity (Wildman–Crippen MR) is 51.3 cm³/mol. The molecule has 0 bridgehead atoms. The maximum absolute atomic E-state index is 10.1. The molecular weight excluding hydrogens is 180 g/mol. The lowest BCUT2D eigenvalue weighted by molar-refractivity contribution is 0.0260. The smallest absolute Gasteiger partial charge is 0.0962 e. The Morgan fingerprint density at radius 3 is 2.79 bits per heavy atom. The Bertz CT molecular complexity index is 304. The monoisotopic (exact) mass is 196 g/mol. The molecule has 1 aliphatic rings. The number of nitrogens with two attached hydrogens (primary N) is 1. The lowest BCUT2D eigenvalue weighted by Gasteiger charge is -2.21. The van der Waals surface area contributed by atoms with Gasteiger partial charge >= 0.3 is 0 Å². The molecule has 3 N–H and O–H groups in total. The Balaban J connectivity index is 2.02. The van der Waals surface area contributed by atoms with Gasteiger partial charge in [-0.05, 0) is 12.8 Å². The van der Waals surface area contributed by atoms with Crippen LogP contribution in [-0.4, -0.2) is 25.7 Å². The lowest BCUT2D eigenvalue weighted by Crippen LogP contribution is -2.30. The van der Waals surface area contributed by atoms with Gasteiger partial charge in [-0.25, -0.2) is 4.68 Å². The van der Waals surface area contributed by atoms with Crippen molar-refractivity contribution in [3.05, 3.63) is 11.9 Å². The van der Waals surface area contributed by atoms with Gasteiger partial charge in [0.2, 0.25) is 0 Å². The first-order valence-electron chi connectivity index (χ1n) is 5.03. The van der Waals surface area contributed by atoms with Crippen molar-refractivity contribution in [3.63, 3.8) is 0 Å². The summed E-state index contributed by atoms with van der Waals surface area (Å²) < 4.78 is 1.69. The minimum atomic E-state index is -0.570. The third-order valence-corrected chi connectivity index (χ3v) is 2.79. The maximum atomic E-state index is 10.1. The Morgan fingerprint density at radius 1 is 1.50 bits per heavy atom. The molecule has 0 radical (unpaired) electrons. The minimum Gasteiger partial charge on any atom is -0.388 e. The Kier molecular flexibility index (Phi) is 2.52. The van der Waals surface area contributed by atoms with E-state index in [1.54, 1.807) is 10.9 Å². The summed E-state index contributed by atoms with van der Waals surface area (Å²) in [5, 5.41) is 17.9. The molecule has 0 spiro atoms. The molecule has 14 heavy (non-hydrogen) atoms. The Hall–Kier alpha value is -0.940. The number of aliphatic hydroxyl groups is 1. The van der Waals surface area contributed by atoms with Gasteiger partial charge in [0.25, 0.3) is 0 Å². The summed E-state index contributed by atoms with van der Waals surface area (Å²) in [4.78, 5) is 0. The van der Waals surface area contributed by atoms with E-state index in [9.17, 15) is 5.11 Å². The largest absolute Gasteiger partial charge is 0.388 e. The first-order valence-corrected chi connectivity index (χ1v) is 5.03. The third kappa shape index (κ3) is 1.93. The third-order valence-electron chi connectivity index (χ3n) is 2.79. The molecule has 1 saturated carbocycles. The zero-order chi connectivity index (χ0) is 10.0. The zero-order valence-electron chi connectivity index (χ0n) is 8.19. The van der Waals surface area contributed by atoms with Crippen LogP contribution in [0.3, 0.4) is 0 Å². The molecule has 0 aliphatic heterocycles. The molecule has 0 atom stereocenters. The van der Waals surface area contributed by atoms with E-state index >= 15 is 0 Å². The summed E-state index contributed by atoms with van der Waals surface area (Å²) in [5.74, 6) is 0. The molecular formula is C9H16N4O. The quantitative estimate of drug-likeness (QED) is 0.715. The molecule has 1 aromatic rings. The molecule has 0 aromatic carbocycles. The molecule has 0 saturated heterocycles. The van der Waals surface area contributed by atoms with E-state index in [4.69, 9.17) is 5.73 Å². The van der Waals surface area contributed by atoms with Crippen molar-refractivity contribution in [3.8, 4) is 0 Å². The van der Waals surface area contributed by atoms with Gasteiger partial charge < -0.3 is 10.8 Å². The highest BCUT2D eigenvalue weighted by molar-refractivity contribution is 4.92. The molecule has 0 amide bonds. The Labute approximate surface area is 82.9 Å². The average Bonchev–Trinajstić information content (AvgIpc) is 2.75. The first-order chi connectivity index (χ1) is 6.72.